The molecule has 2 N–H and O–H groups in total. The normalized spacial score (nSPS) is 10.5. The van der Waals surface area contributed by atoms with Crippen LogP contribution in [0.25, 0.3) is 5.69 Å². The Balaban J connectivity index is 2.36. The molecule has 0 spiro atoms. The molecule has 0 atom stereocenters. The topological polar surface area (TPSA) is 60.9 Å². The highest BCUT2D eigenvalue weighted by atomic mass is 16.1. The summed E-state index contributed by atoms with van der Waals surface area (Å²) in [5.41, 5.74) is 7.60. The van der Waals surface area contributed by atoms with Gasteiger partial charge in [0.05, 0.1) is 5.69 Å². The van der Waals surface area contributed by atoms with Crippen molar-refractivity contribution in [1.29, 1.82) is 0 Å². The van der Waals surface area contributed by atoms with Crippen LogP contribution in [0.15, 0.2) is 36.5 Å². The van der Waals surface area contributed by atoms with Crippen molar-refractivity contribution in [2.75, 3.05) is 0 Å². The molecule has 0 bridgehead atoms. The van der Waals surface area contributed by atoms with Crippen LogP contribution in [0.3, 0.4) is 0 Å². The second-order valence-corrected chi connectivity index (χ2v) is 4.25. The third kappa shape index (κ3) is 2.59. The number of amides is 1. The minimum absolute atomic E-state index is 0.382. The highest BCUT2D eigenvalue weighted by Crippen LogP contribution is 2.14. The SMILES string of the molecule is CCCCc1cn(-c2ccccc2)nc1C(N)=O. The van der Waals surface area contributed by atoms with E-state index in [0.29, 0.717) is 5.69 Å². The number of unbranched alkanes of at least 4 members (excludes halogenated alkanes) is 1. The first-order valence-electron chi connectivity index (χ1n) is 6.16. The molecule has 1 heterocycles. The number of primary amides is 1. The Morgan fingerprint density at radius 1 is 1.33 bits per heavy atom. The molecular formula is C14H17N3O. The molecule has 0 saturated carbocycles. The van der Waals surface area contributed by atoms with Gasteiger partial charge in [-0.05, 0) is 25.0 Å². The molecule has 0 aliphatic carbocycles. The van der Waals surface area contributed by atoms with Gasteiger partial charge in [-0.25, -0.2) is 4.68 Å². The van der Waals surface area contributed by atoms with Crippen molar-refractivity contribution in [3.05, 3.63) is 47.8 Å². The van der Waals surface area contributed by atoms with Gasteiger partial charge in [-0.1, -0.05) is 31.5 Å². The maximum atomic E-state index is 11.4. The number of nitrogens with zero attached hydrogens (tertiary/aromatic N) is 2. The van der Waals surface area contributed by atoms with Crippen LogP contribution in [0.4, 0.5) is 0 Å². The predicted octanol–water partition coefficient (Wildman–Crippen LogP) is 2.31. The van der Waals surface area contributed by atoms with Crippen LogP contribution < -0.4 is 5.73 Å². The molecule has 2 aromatic rings. The summed E-state index contributed by atoms with van der Waals surface area (Å²) in [4.78, 5) is 11.4. The lowest BCUT2D eigenvalue weighted by molar-refractivity contribution is 0.0994. The van der Waals surface area contributed by atoms with Gasteiger partial charge in [0.2, 0.25) is 0 Å². The Kier molecular flexibility index (Phi) is 3.77. The zero-order chi connectivity index (χ0) is 13.0. The zero-order valence-corrected chi connectivity index (χ0v) is 10.5. The van der Waals surface area contributed by atoms with E-state index in [1.54, 1.807) is 4.68 Å². The Morgan fingerprint density at radius 2 is 2.06 bits per heavy atom. The van der Waals surface area contributed by atoms with E-state index in [4.69, 9.17) is 5.73 Å². The molecule has 4 nitrogen and oxygen atoms in total. The van der Waals surface area contributed by atoms with E-state index in [0.717, 1.165) is 30.5 Å². The van der Waals surface area contributed by atoms with E-state index in [1.807, 2.05) is 36.5 Å². The van der Waals surface area contributed by atoms with Gasteiger partial charge in [0, 0.05) is 11.8 Å². The lowest BCUT2D eigenvalue weighted by Crippen LogP contribution is -2.14. The second-order valence-electron chi connectivity index (χ2n) is 4.25. The van der Waals surface area contributed by atoms with Crippen LogP contribution in [-0.2, 0) is 6.42 Å². The van der Waals surface area contributed by atoms with Gasteiger partial charge >= 0.3 is 0 Å². The van der Waals surface area contributed by atoms with Gasteiger partial charge in [0.15, 0.2) is 5.69 Å². The van der Waals surface area contributed by atoms with E-state index < -0.39 is 5.91 Å². The monoisotopic (exact) mass is 243 g/mol. The number of nitrogens with two attached hydrogens (primary N) is 1. The molecule has 0 radical (unpaired) electrons. The highest BCUT2D eigenvalue weighted by molar-refractivity contribution is 5.92. The molecule has 0 fully saturated rings. The number of carbonyl (C=O) groups excluding carboxylic acids is 1. The van der Waals surface area contributed by atoms with E-state index >= 15 is 0 Å². The van der Waals surface area contributed by atoms with Gasteiger partial charge in [-0.15, -0.1) is 0 Å². The fourth-order valence-corrected chi connectivity index (χ4v) is 1.88. The smallest absolute Gasteiger partial charge is 0.269 e. The average molecular weight is 243 g/mol. The van der Waals surface area contributed by atoms with Crippen molar-refractivity contribution in [2.45, 2.75) is 26.2 Å². The summed E-state index contributed by atoms with van der Waals surface area (Å²) in [5, 5.41) is 4.27. The largest absolute Gasteiger partial charge is 0.364 e. The van der Waals surface area contributed by atoms with Crippen molar-refractivity contribution >= 4 is 5.91 Å². The molecule has 2 rings (SSSR count). The summed E-state index contributed by atoms with van der Waals surface area (Å²) in [6, 6.07) is 9.71. The van der Waals surface area contributed by atoms with Crippen LogP contribution in [0.1, 0.15) is 35.8 Å². The van der Waals surface area contributed by atoms with E-state index in [9.17, 15) is 4.79 Å². The van der Waals surface area contributed by atoms with Crippen molar-refractivity contribution < 1.29 is 4.79 Å². The Morgan fingerprint density at radius 3 is 2.67 bits per heavy atom. The summed E-state index contributed by atoms with van der Waals surface area (Å²) in [6.07, 6.45) is 4.84. The number of carbonyl (C=O) groups is 1. The molecular weight excluding hydrogens is 226 g/mol. The number of aromatic nitrogens is 2. The van der Waals surface area contributed by atoms with Crippen molar-refractivity contribution in [3.8, 4) is 5.69 Å². The molecule has 0 aliphatic heterocycles. The van der Waals surface area contributed by atoms with Gasteiger partial charge < -0.3 is 5.73 Å². The van der Waals surface area contributed by atoms with Crippen LogP contribution in [0.2, 0.25) is 0 Å². The molecule has 0 unspecified atom stereocenters. The summed E-state index contributed by atoms with van der Waals surface area (Å²) in [5.74, 6) is -0.462. The number of para-hydroxylation sites is 1. The van der Waals surface area contributed by atoms with Crippen molar-refractivity contribution in [2.24, 2.45) is 5.73 Å². The Labute approximate surface area is 106 Å². The molecule has 18 heavy (non-hydrogen) atoms. The fourth-order valence-electron chi connectivity index (χ4n) is 1.88. The van der Waals surface area contributed by atoms with Crippen LogP contribution >= 0.6 is 0 Å². The molecule has 1 amide bonds. The van der Waals surface area contributed by atoms with E-state index in [-0.39, 0.29) is 0 Å². The zero-order valence-electron chi connectivity index (χ0n) is 10.5. The third-order valence-electron chi connectivity index (χ3n) is 2.84. The first-order chi connectivity index (χ1) is 8.72. The minimum Gasteiger partial charge on any atom is -0.364 e. The molecule has 1 aromatic heterocycles. The van der Waals surface area contributed by atoms with Gasteiger partial charge in [0.25, 0.3) is 5.91 Å². The lowest BCUT2D eigenvalue weighted by Gasteiger charge is -1.98. The minimum atomic E-state index is -0.462. The number of hydrogen-bond acceptors (Lipinski definition) is 2. The maximum absolute atomic E-state index is 11.4. The van der Waals surface area contributed by atoms with E-state index in [2.05, 4.69) is 12.0 Å². The summed E-state index contributed by atoms with van der Waals surface area (Å²) >= 11 is 0. The molecule has 4 heteroatoms. The molecule has 0 saturated heterocycles. The maximum Gasteiger partial charge on any atom is 0.269 e. The van der Waals surface area contributed by atoms with E-state index in [1.165, 1.54) is 0 Å². The first kappa shape index (κ1) is 12.4. The summed E-state index contributed by atoms with van der Waals surface area (Å²) < 4.78 is 1.71. The molecule has 0 aliphatic rings. The van der Waals surface area contributed by atoms with Crippen LogP contribution in [0.5, 0.6) is 0 Å². The number of hydrogen-bond donors (Lipinski definition) is 1. The third-order valence-corrected chi connectivity index (χ3v) is 2.84. The first-order valence-corrected chi connectivity index (χ1v) is 6.16. The summed E-state index contributed by atoms with van der Waals surface area (Å²) in [7, 11) is 0. The number of rotatable bonds is 5. The fraction of sp³-hybridized carbons (Fsp3) is 0.286. The quantitative estimate of drug-likeness (QED) is 0.876. The second kappa shape index (κ2) is 5.49. The number of aryl methyl sites for hydroxylation is 1. The lowest BCUT2D eigenvalue weighted by atomic mass is 10.1. The molecule has 94 valence electrons. The number of benzene rings is 1. The van der Waals surface area contributed by atoms with Crippen LogP contribution in [-0.4, -0.2) is 15.7 Å². The Bertz CT molecular complexity index is 531. The van der Waals surface area contributed by atoms with Crippen molar-refractivity contribution in [1.82, 2.24) is 9.78 Å². The van der Waals surface area contributed by atoms with Gasteiger partial charge in [-0.3, -0.25) is 4.79 Å². The average Bonchev–Trinajstić information content (AvgIpc) is 2.81. The predicted molar refractivity (Wildman–Crippen MR) is 70.7 cm³/mol. The van der Waals surface area contributed by atoms with Crippen molar-refractivity contribution in [3.63, 3.8) is 0 Å². The molecule has 1 aromatic carbocycles. The standard InChI is InChI=1S/C14H17N3O/c1-2-3-7-11-10-17(16-13(11)14(15)18)12-8-5-4-6-9-12/h4-6,8-10H,2-3,7H2,1H3,(H2,15,18). The van der Waals surface area contributed by atoms with Gasteiger partial charge in [-0.2, -0.15) is 5.10 Å². The van der Waals surface area contributed by atoms with Gasteiger partial charge in [0.1, 0.15) is 0 Å². The summed E-state index contributed by atoms with van der Waals surface area (Å²) in [6.45, 7) is 2.12. The Hall–Kier alpha value is -2.10. The van der Waals surface area contributed by atoms with Crippen LogP contribution in [0, 0.1) is 0 Å². The highest BCUT2D eigenvalue weighted by Gasteiger charge is 2.14.